The van der Waals surface area contributed by atoms with Crippen LogP contribution in [0, 0.1) is 5.92 Å². The summed E-state index contributed by atoms with van der Waals surface area (Å²) in [6.07, 6.45) is 4.25. The zero-order valence-corrected chi connectivity index (χ0v) is 14.1. The van der Waals surface area contributed by atoms with E-state index < -0.39 is 10.0 Å². The standard InChI is InChI=1S/C15H23ClN2O2S/c1-11-5-3-4-6-15(11)18-21(19,20)13-8-7-12(10-17-2)14(16)9-13/h7-9,11,15,17-18H,3-6,10H2,1-2H3. The van der Waals surface area contributed by atoms with E-state index in [1.807, 2.05) is 7.05 Å². The highest BCUT2D eigenvalue weighted by atomic mass is 35.5. The SMILES string of the molecule is CNCc1ccc(S(=O)(=O)NC2CCCCC2C)cc1Cl. The molecule has 0 aromatic heterocycles. The summed E-state index contributed by atoms with van der Waals surface area (Å²) in [5.41, 5.74) is 0.893. The van der Waals surface area contributed by atoms with Crippen molar-refractivity contribution in [1.29, 1.82) is 0 Å². The van der Waals surface area contributed by atoms with Gasteiger partial charge in [-0.05, 0) is 43.5 Å². The second-order valence-corrected chi connectivity index (χ2v) is 7.89. The molecule has 2 rings (SSSR count). The van der Waals surface area contributed by atoms with E-state index in [0.29, 0.717) is 17.5 Å². The molecule has 0 radical (unpaired) electrons. The van der Waals surface area contributed by atoms with Crippen molar-refractivity contribution in [1.82, 2.24) is 10.0 Å². The molecular weight excluding hydrogens is 308 g/mol. The molecule has 4 nitrogen and oxygen atoms in total. The normalized spacial score (nSPS) is 23.2. The summed E-state index contributed by atoms with van der Waals surface area (Å²) in [7, 11) is -1.68. The number of nitrogens with one attached hydrogen (secondary N) is 2. The van der Waals surface area contributed by atoms with Crippen LogP contribution in [0.5, 0.6) is 0 Å². The van der Waals surface area contributed by atoms with Crippen LogP contribution in [0.2, 0.25) is 5.02 Å². The monoisotopic (exact) mass is 330 g/mol. The van der Waals surface area contributed by atoms with E-state index in [4.69, 9.17) is 11.6 Å². The van der Waals surface area contributed by atoms with Gasteiger partial charge in [-0.3, -0.25) is 0 Å². The number of sulfonamides is 1. The van der Waals surface area contributed by atoms with Gasteiger partial charge in [-0.25, -0.2) is 13.1 Å². The summed E-state index contributed by atoms with van der Waals surface area (Å²) in [5.74, 6) is 0.382. The molecule has 2 unspecified atom stereocenters. The van der Waals surface area contributed by atoms with E-state index in [-0.39, 0.29) is 10.9 Å². The third-order valence-corrected chi connectivity index (χ3v) is 5.96. The molecule has 1 saturated carbocycles. The van der Waals surface area contributed by atoms with Crippen LogP contribution in [0.15, 0.2) is 23.1 Å². The lowest BCUT2D eigenvalue weighted by molar-refractivity contribution is 0.310. The van der Waals surface area contributed by atoms with Gasteiger partial charge in [0.05, 0.1) is 4.90 Å². The van der Waals surface area contributed by atoms with Gasteiger partial charge in [-0.2, -0.15) is 0 Å². The minimum absolute atomic E-state index is 0.0273. The molecule has 1 aromatic rings. The lowest BCUT2D eigenvalue weighted by atomic mass is 9.87. The average molecular weight is 331 g/mol. The Hall–Kier alpha value is -0.620. The van der Waals surface area contributed by atoms with E-state index in [1.165, 1.54) is 12.5 Å². The fourth-order valence-electron chi connectivity index (χ4n) is 2.79. The molecule has 118 valence electrons. The van der Waals surface area contributed by atoms with Crippen LogP contribution in [0.3, 0.4) is 0 Å². The summed E-state index contributed by atoms with van der Waals surface area (Å²) >= 11 is 6.15. The molecule has 0 saturated heterocycles. The maximum absolute atomic E-state index is 12.5. The summed E-state index contributed by atoms with van der Waals surface area (Å²) in [4.78, 5) is 0.241. The molecule has 6 heteroatoms. The summed E-state index contributed by atoms with van der Waals surface area (Å²) in [5, 5.41) is 3.48. The van der Waals surface area contributed by atoms with Crippen molar-refractivity contribution in [3.05, 3.63) is 28.8 Å². The van der Waals surface area contributed by atoms with E-state index in [9.17, 15) is 8.42 Å². The van der Waals surface area contributed by atoms with Crippen LogP contribution in [0.4, 0.5) is 0 Å². The number of halogens is 1. The Morgan fingerprint density at radius 1 is 1.29 bits per heavy atom. The zero-order valence-electron chi connectivity index (χ0n) is 12.5. The second-order valence-electron chi connectivity index (χ2n) is 5.77. The lowest BCUT2D eigenvalue weighted by Gasteiger charge is -2.29. The first-order valence-electron chi connectivity index (χ1n) is 7.39. The van der Waals surface area contributed by atoms with Crippen molar-refractivity contribution in [2.75, 3.05) is 7.05 Å². The third-order valence-electron chi connectivity index (χ3n) is 4.12. The summed E-state index contributed by atoms with van der Waals surface area (Å²) < 4.78 is 27.8. The van der Waals surface area contributed by atoms with Gasteiger partial charge in [0, 0.05) is 17.6 Å². The molecule has 1 aliphatic rings. The first-order chi connectivity index (χ1) is 9.94. The maximum Gasteiger partial charge on any atom is 0.240 e. The van der Waals surface area contributed by atoms with Crippen molar-refractivity contribution >= 4 is 21.6 Å². The smallest absolute Gasteiger partial charge is 0.240 e. The second kappa shape index (κ2) is 7.09. The predicted molar refractivity (Wildman–Crippen MR) is 86.0 cm³/mol. The summed E-state index contributed by atoms with van der Waals surface area (Å²) in [6, 6.07) is 4.94. The molecule has 0 amide bonds. The fraction of sp³-hybridized carbons (Fsp3) is 0.600. The summed E-state index contributed by atoms with van der Waals surface area (Å²) in [6.45, 7) is 2.72. The fourth-order valence-corrected chi connectivity index (χ4v) is 4.50. The van der Waals surface area contributed by atoms with Crippen LogP contribution >= 0.6 is 11.6 Å². The maximum atomic E-state index is 12.5. The number of hydrogen-bond donors (Lipinski definition) is 2. The van der Waals surface area contributed by atoms with Crippen molar-refractivity contribution < 1.29 is 8.42 Å². The van der Waals surface area contributed by atoms with E-state index in [1.54, 1.807) is 12.1 Å². The number of rotatable bonds is 5. The zero-order chi connectivity index (χ0) is 15.5. The van der Waals surface area contributed by atoms with E-state index in [2.05, 4.69) is 17.0 Å². The van der Waals surface area contributed by atoms with Gasteiger partial charge in [0.15, 0.2) is 0 Å². The molecule has 0 bridgehead atoms. The highest BCUT2D eigenvalue weighted by Crippen LogP contribution is 2.26. The van der Waals surface area contributed by atoms with Gasteiger partial charge in [-0.1, -0.05) is 37.4 Å². The van der Waals surface area contributed by atoms with Crippen molar-refractivity contribution in [2.24, 2.45) is 5.92 Å². The predicted octanol–water partition coefficient (Wildman–Crippen LogP) is 2.92. The molecule has 1 fully saturated rings. The Bertz CT molecular complexity index is 589. The van der Waals surface area contributed by atoms with Crippen LogP contribution in [0.25, 0.3) is 0 Å². The van der Waals surface area contributed by atoms with Crippen LogP contribution in [-0.4, -0.2) is 21.5 Å². The molecule has 1 aromatic carbocycles. The van der Waals surface area contributed by atoms with Crippen LogP contribution in [-0.2, 0) is 16.6 Å². The van der Waals surface area contributed by atoms with Gasteiger partial charge in [0.1, 0.15) is 0 Å². The number of benzene rings is 1. The lowest BCUT2D eigenvalue weighted by Crippen LogP contribution is -2.40. The molecular formula is C15H23ClN2O2S. The molecule has 2 N–H and O–H groups in total. The first kappa shape index (κ1) is 16.7. The molecule has 2 atom stereocenters. The minimum atomic E-state index is -3.50. The highest BCUT2D eigenvalue weighted by molar-refractivity contribution is 7.89. The van der Waals surface area contributed by atoms with Gasteiger partial charge >= 0.3 is 0 Å². The average Bonchev–Trinajstić information content (AvgIpc) is 2.43. The van der Waals surface area contributed by atoms with Gasteiger partial charge in [0.2, 0.25) is 10.0 Å². The minimum Gasteiger partial charge on any atom is -0.316 e. The Morgan fingerprint density at radius 3 is 2.62 bits per heavy atom. The van der Waals surface area contributed by atoms with Crippen LogP contribution < -0.4 is 10.0 Å². The quantitative estimate of drug-likeness (QED) is 0.872. The Labute approximate surface area is 132 Å². The van der Waals surface area contributed by atoms with E-state index in [0.717, 1.165) is 24.8 Å². The Balaban J connectivity index is 2.17. The van der Waals surface area contributed by atoms with Gasteiger partial charge < -0.3 is 5.32 Å². The third kappa shape index (κ3) is 4.19. The van der Waals surface area contributed by atoms with E-state index >= 15 is 0 Å². The van der Waals surface area contributed by atoms with Gasteiger partial charge in [0.25, 0.3) is 0 Å². The number of hydrogen-bond acceptors (Lipinski definition) is 3. The Kier molecular flexibility index (Phi) is 5.66. The van der Waals surface area contributed by atoms with Crippen molar-refractivity contribution in [3.63, 3.8) is 0 Å². The topological polar surface area (TPSA) is 58.2 Å². The Morgan fingerprint density at radius 2 is 2.00 bits per heavy atom. The first-order valence-corrected chi connectivity index (χ1v) is 9.25. The van der Waals surface area contributed by atoms with Gasteiger partial charge in [-0.15, -0.1) is 0 Å². The molecule has 21 heavy (non-hydrogen) atoms. The van der Waals surface area contributed by atoms with Crippen molar-refractivity contribution in [2.45, 2.75) is 50.1 Å². The molecule has 1 aliphatic carbocycles. The highest BCUT2D eigenvalue weighted by Gasteiger charge is 2.27. The molecule has 0 aliphatic heterocycles. The largest absolute Gasteiger partial charge is 0.316 e. The molecule has 0 heterocycles. The van der Waals surface area contributed by atoms with Crippen LogP contribution in [0.1, 0.15) is 38.2 Å². The molecule has 0 spiro atoms. The van der Waals surface area contributed by atoms with Crippen molar-refractivity contribution in [3.8, 4) is 0 Å².